The van der Waals surface area contributed by atoms with E-state index in [2.05, 4.69) is 47.7 Å². The van der Waals surface area contributed by atoms with Gasteiger partial charge in [0.1, 0.15) is 0 Å². The molecule has 0 heterocycles. The van der Waals surface area contributed by atoms with E-state index in [0.717, 1.165) is 0 Å². The zero-order valence-electron chi connectivity index (χ0n) is 15.9. The molecule has 130 valence electrons. The third kappa shape index (κ3) is 3.18. The Morgan fingerprint density at radius 1 is 1.23 bits per heavy atom. The number of aliphatic hydroxyl groups excluding tert-OH is 1. The Bertz CT molecular complexity index is 387. The van der Waals surface area contributed by atoms with Gasteiger partial charge in [0.2, 0.25) is 0 Å². The van der Waals surface area contributed by atoms with E-state index in [-0.39, 0.29) is 5.04 Å². The molecule has 0 amide bonds. The summed E-state index contributed by atoms with van der Waals surface area (Å²) in [5, 5.41) is 9.92. The van der Waals surface area contributed by atoms with Crippen LogP contribution in [0.25, 0.3) is 0 Å². The zero-order valence-corrected chi connectivity index (χ0v) is 16.9. The van der Waals surface area contributed by atoms with Crippen LogP contribution in [-0.2, 0) is 4.43 Å². The maximum absolute atomic E-state index is 9.63. The van der Waals surface area contributed by atoms with E-state index < -0.39 is 8.32 Å². The molecule has 3 heteroatoms. The Labute approximate surface area is 139 Å². The molecule has 2 aliphatic carbocycles. The summed E-state index contributed by atoms with van der Waals surface area (Å²) in [7, 11) is -1.69. The molecule has 2 fully saturated rings. The highest BCUT2D eigenvalue weighted by molar-refractivity contribution is 6.74. The molecule has 3 unspecified atom stereocenters. The van der Waals surface area contributed by atoms with Gasteiger partial charge in [0.25, 0.3) is 0 Å². The summed E-state index contributed by atoms with van der Waals surface area (Å²) >= 11 is 0. The van der Waals surface area contributed by atoms with E-state index in [0.29, 0.717) is 35.9 Å². The van der Waals surface area contributed by atoms with Crippen molar-refractivity contribution in [3.05, 3.63) is 0 Å². The standard InChI is InChI=1S/C19H38O2Si/c1-14(13-20)15-10-11-16-17(9-8-12-19(15,16)5)21-22(6,7)18(2,3)4/h14-17,20H,8-13H2,1-7H3/t14-,15?,16?,17+,19?/m1/s1. The predicted octanol–water partition coefficient (Wildman–Crippen LogP) is 5.22. The molecule has 0 bridgehead atoms. The first-order valence-electron chi connectivity index (χ1n) is 9.31. The molecule has 0 aromatic rings. The van der Waals surface area contributed by atoms with Crippen molar-refractivity contribution in [3.63, 3.8) is 0 Å². The van der Waals surface area contributed by atoms with Crippen LogP contribution in [0, 0.1) is 23.2 Å². The molecular formula is C19H38O2Si. The number of hydrogen-bond donors (Lipinski definition) is 1. The monoisotopic (exact) mass is 326 g/mol. The second-order valence-electron chi connectivity index (χ2n) is 9.76. The molecule has 2 nitrogen and oxygen atoms in total. The number of fused-ring (bicyclic) bond motifs is 1. The lowest BCUT2D eigenvalue weighted by Crippen LogP contribution is -2.50. The molecule has 2 rings (SSSR count). The first kappa shape index (κ1) is 18.5. The van der Waals surface area contributed by atoms with Crippen molar-refractivity contribution in [1.82, 2.24) is 0 Å². The van der Waals surface area contributed by atoms with Gasteiger partial charge in [-0.2, -0.15) is 0 Å². The highest BCUT2D eigenvalue weighted by atomic mass is 28.4. The molecule has 22 heavy (non-hydrogen) atoms. The van der Waals surface area contributed by atoms with Crippen molar-refractivity contribution < 1.29 is 9.53 Å². The van der Waals surface area contributed by atoms with E-state index in [1.807, 2.05) is 0 Å². The fourth-order valence-corrected chi connectivity index (χ4v) is 6.31. The summed E-state index contributed by atoms with van der Waals surface area (Å²) in [4.78, 5) is 0. The minimum Gasteiger partial charge on any atom is -0.414 e. The first-order chi connectivity index (χ1) is 10.0. The van der Waals surface area contributed by atoms with Crippen LogP contribution >= 0.6 is 0 Å². The number of aliphatic hydroxyl groups is 1. The van der Waals surface area contributed by atoms with Crippen molar-refractivity contribution >= 4 is 8.32 Å². The van der Waals surface area contributed by atoms with E-state index in [4.69, 9.17) is 4.43 Å². The Kier molecular flexibility index (Phi) is 5.22. The fraction of sp³-hybridized carbons (Fsp3) is 1.00. The van der Waals surface area contributed by atoms with Crippen molar-refractivity contribution in [2.45, 2.75) is 91.0 Å². The second kappa shape index (κ2) is 6.21. The SMILES string of the molecule is C[C@H](CO)C1CCC2[C@@H](O[Si](C)(C)C(C)(C)C)CCCC12C. The van der Waals surface area contributed by atoms with Crippen molar-refractivity contribution in [3.8, 4) is 0 Å². The molecule has 5 atom stereocenters. The van der Waals surface area contributed by atoms with E-state index >= 15 is 0 Å². The molecule has 1 N–H and O–H groups in total. The average molecular weight is 327 g/mol. The first-order valence-corrected chi connectivity index (χ1v) is 12.2. The van der Waals surface area contributed by atoms with Gasteiger partial charge in [-0.1, -0.05) is 41.0 Å². The fourth-order valence-electron chi connectivity index (χ4n) is 4.92. The van der Waals surface area contributed by atoms with E-state index in [1.165, 1.54) is 32.1 Å². The van der Waals surface area contributed by atoms with Crippen LogP contribution < -0.4 is 0 Å². The van der Waals surface area contributed by atoms with E-state index in [1.54, 1.807) is 0 Å². The highest BCUT2D eigenvalue weighted by Gasteiger charge is 2.54. The maximum atomic E-state index is 9.63. The lowest BCUT2D eigenvalue weighted by Gasteiger charge is -2.49. The van der Waals surface area contributed by atoms with Crippen LogP contribution in [0.4, 0.5) is 0 Å². The Morgan fingerprint density at radius 3 is 2.41 bits per heavy atom. The number of rotatable bonds is 4. The van der Waals surface area contributed by atoms with Crippen LogP contribution in [0.1, 0.15) is 66.7 Å². The van der Waals surface area contributed by atoms with Gasteiger partial charge in [-0.25, -0.2) is 0 Å². The van der Waals surface area contributed by atoms with Gasteiger partial charge in [0.05, 0.1) is 0 Å². The molecule has 0 aromatic carbocycles. The van der Waals surface area contributed by atoms with Gasteiger partial charge in [0.15, 0.2) is 8.32 Å². The van der Waals surface area contributed by atoms with Gasteiger partial charge >= 0.3 is 0 Å². The molecule has 0 aliphatic heterocycles. The third-order valence-corrected chi connectivity index (χ3v) is 11.9. The Hall–Kier alpha value is 0.137. The lowest BCUT2D eigenvalue weighted by atomic mass is 9.62. The minimum absolute atomic E-state index is 0.289. The highest BCUT2D eigenvalue weighted by Crippen LogP contribution is 2.59. The molecule has 0 aromatic heterocycles. The zero-order chi connectivity index (χ0) is 16.8. The smallest absolute Gasteiger partial charge is 0.192 e. The Balaban J connectivity index is 2.17. The molecule has 0 spiro atoms. The lowest BCUT2D eigenvalue weighted by molar-refractivity contribution is -0.0259. The summed E-state index contributed by atoms with van der Waals surface area (Å²) in [5.74, 6) is 1.81. The number of hydrogen-bond acceptors (Lipinski definition) is 2. The van der Waals surface area contributed by atoms with Crippen molar-refractivity contribution in [2.24, 2.45) is 23.2 Å². The normalized spacial score (nSPS) is 37.9. The molecule has 0 saturated heterocycles. The summed E-state index contributed by atoms with van der Waals surface area (Å²) in [6.45, 7) is 16.9. The summed E-state index contributed by atoms with van der Waals surface area (Å²) in [5.41, 5.74) is 0.382. The average Bonchev–Trinajstić information content (AvgIpc) is 2.74. The second-order valence-corrected chi connectivity index (χ2v) is 14.5. The summed E-state index contributed by atoms with van der Waals surface area (Å²) in [6.07, 6.45) is 6.89. The van der Waals surface area contributed by atoms with Crippen LogP contribution in [0.3, 0.4) is 0 Å². The molecular weight excluding hydrogens is 288 g/mol. The summed E-state index contributed by atoms with van der Waals surface area (Å²) < 4.78 is 6.86. The predicted molar refractivity (Wildman–Crippen MR) is 96.5 cm³/mol. The minimum atomic E-state index is -1.69. The van der Waals surface area contributed by atoms with Gasteiger partial charge < -0.3 is 9.53 Å². The van der Waals surface area contributed by atoms with Crippen LogP contribution in [0.2, 0.25) is 18.1 Å². The maximum Gasteiger partial charge on any atom is 0.192 e. The van der Waals surface area contributed by atoms with Crippen LogP contribution in [0.5, 0.6) is 0 Å². The van der Waals surface area contributed by atoms with Crippen LogP contribution in [-0.4, -0.2) is 26.1 Å². The quantitative estimate of drug-likeness (QED) is 0.718. The topological polar surface area (TPSA) is 29.5 Å². The van der Waals surface area contributed by atoms with Crippen LogP contribution in [0.15, 0.2) is 0 Å². The van der Waals surface area contributed by atoms with Gasteiger partial charge in [-0.3, -0.25) is 0 Å². The molecule has 2 saturated carbocycles. The van der Waals surface area contributed by atoms with Crippen molar-refractivity contribution in [2.75, 3.05) is 6.61 Å². The molecule has 0 radical (unpaired) electrons. The van der Waals surface area contributed by atoms with E-state index in [9.17, 15) is 5.11 Å². The van der Waals surface area contributed by atoms with Gasteiger partial charge in [0, 0.05) is 12.7 Å². The van der Waals surface area contributed by atoms with Gasteiger partial charge in [-0.15, -0.1) is 0 Å². The molecule has 2 aliphatic rings. The third-order valence-electron chi connectivity index (χ3n) is 7.36. The largest absolute Gasteiger partial charge is 0.414 e. The van der Waals surface area contributed by atoms with Crippen molar-refractivity contribution in [1.29, 1.82) is 0 Å². The summed E-state index contributed by atoms with van der Waals surface area (Å²) in [6, 6.07) is 0. The Morgan fingerprint density at radius 2 is 1.86 bits per heavy atom. The van der Waals surface area contributed by atoms with Gasteiger partial charge in [-0.05, 0) is 67.0 Å².